The maximum Gasteiger partial charge on any atom is 0.253 e. The standard InChI is InChI=1S/C18H16N2O2S.ClH/c21-17-13-3-1-2-4-15(13)23-16-11-12(5-6-14(16)17)18(22)20-9-7-19-8-10-20;/h1-6,11,19H,7-10H2;1H. The third-order valence-corrected chi connectivity index (χ3v) is 5.36. The fraction of sp³-hybridized carbons (Fsp3) is 0.222. The van der Waals surface area contributed by atoms with Crippen molar-refractivity contribution in [3.63, 3.8) is 0 Å². The summed E-state index contributed by atoms with van der Waals surface area (Å²) in [6.45, 7) is 3.12. The Morgan fingerprint density at radius 2 is 1.71 bits per heavy atom. The summed E-state index contributed by atoms with van der Waals surface area (Å²) in [5.74, 6) is 0.0428. The molecule has 1 aliphatic rings. The number of nitrogens with one attached hydrogen (secondary N) is 1. The fourth-order valence-corrected chi connectivity index (χ4v) is 4.10. The summed E-state index contributed by atoms with van der Waals surface area (Å²) in [5.41, 5.74) is 0.695. The summed E-state index contributed by atoms with van der Waals surface area (Å²) in [6, 6.07) is 13.0. The van der Waals surface area contributed by atoms with Gasteiger partial charge in [-0.15, -0.1) is 23.7 Å². The van der Waals surface area contributed by atoms with Crippen LogP contribution in [0.5, 0.6) is 0 Å². The first-order valence-corrected chi connectivity index (χ1v) is 8.51. The lowest BCUT2D eigenvalue weighted by atomic mass is 10.1. The SMILES string of the molecule is Cl.O=C(c1ccc2c(=O)c3ccccc3sc2c1)N1CCNCC1. The minimum atomic E-state index is 0. The second-order valence-corrected chi connectivity index (χ2v) is 6.76. The maximum atomic E-state index is 12.6. The predicted molar refractivity (Wildman–Crippen MR) is 102 cm³/mol. The highest BCUT2D eigenvalue weighted by atomic mass is 35.5. The lowest BCUT2D eigenvalue weighted by molar-refractivity contribution is 0.0736. The molecular formula is C18H17ClN2O2S. The molecule has 0 spiro atoms. The Morgan fingerprint density at radius 3 is 2.50 bits per heavy atom. The highest BCUT2D eigenvalue weighted by Crippen LogP contribution is 2.25. The smallest absolute Gasteiger partial charge is 0.253 e. The molecule has 3 aromatic rings. The van der Waals surface area contributed by atoms with E-state index >= 15 is 0 Å². The first-order valence-electron chi connectivity index (χ1n) is 7.70. The first-order chi connectivity index (χ1) is 11.2. The molecule has 0 atom stereocenters. The lowest BCUT2D eigenvalue weighted by Crippen LogP contribution is -2.46. The number of carbonyl (C=O) groups excluding carboxylic acids is 1. The van der Waals surface area contributed by atoms with Gasteiger partial charge in [-0.1, -0.05) is 12.1 Å². The van der Waals surface area contributed by atoms with Crippen LogP contribution in [-0.4, -0.2) is 37.0 Å². The van der Waals surface area contributed by atoms with Gasteiger partial charge in [-0.2, -0.15) is 0 Å². The van der Waals surface area contributed by atoms with Crippen molar-refractivity contribution in [1.82, 2.24) is 10.2 Å². The van der Waals surface area contributed by atoms with Crippen molar-refractivity contribution < 1.29 is 4.79 Å². The largest absolute Gasteiger partial charge is 0.336 e. The van der Waals surface area contributed by atoms with Crippen LogP contribution in [-0.2, 0) is 0 Å². The van der Waals surface area contributed by atoms with Gasteiger partial charge in [0.25, 0.3) is 5.91 Å². The topological polar surface area (TPSA) is 49.4 Å². The van der Waals surface area contributed by atoms with Crippen molar-refractivity contribution >= 4 is 49.8 Å². The molecule has 1 amide bonds. The van der Waals surface area contributed by atoms with Crippen LogP contribution in [0.15, 0.2) is 47.3 Å². The third-order valence-electron chi connectivity index (χ3n) is 4.23. The van der Waals surface area contributed by atoms with E-state index in [9.17, 15) is 9.59 Å². The van der Waals surface area contributed by atoms with Gasteiger partial charge in [-0.25, -0.2) is 0 Å². The number of hydrogen-bond acceptors (Lipinski definition) is 4. The zero-order valence-electron chi connectivity index (χ0n) is 13.0. The number of nitrogens with zero attached hydrogens (tertiary/aromatic N) is 1. The van der Waals surface area contributed by atoms with Gasteiger partial charge in [-0.05, 0) is 30.3 Å². The molecule has 0 bridgehead atoms. The molecule has 4 nitrogen and oxygen atoms in total. The third kappa shape index (κ3) is 2.90. The van der Waals surface area contributed by atoms with Crippen molar-refractivity contribution in [3.8, 4) is 0 Å². The van der Waals surface area contributed by atoms with E-state index in [0.29, 0.717) is 10.9 Å². The average molecular weight is 361 g/mol. The number of hydrogen-bond donors (Lipinski definition) is 1. The van der Waals surface area contributed by atoms with Crippen molar-refractivity contribution in [2.24, 2.45) is 0 Å². The molecule has 24 heavy (non-hydrogen) atoms. The molecule has 6 heteroatoms. The molecule has 1 fully saturated rings. The van der Waals surface area contributed by atoms with Crippen LogP contribution >= 0.6 is 23.7 Å². The number of halogens is 1. The molecule has 1 aliphatic heterocycles. The van der Waals surface area contributed by atoms with Crippen LogP contribution in [0.1, 0.15) is 10.4 Å². The van der Waals surface area contributed by atoms with Gasteiger partial charge < -0.3 is 10.2 Å². The van der Waals surface area contributed by atoms with E-state index in [-0.39, 0.29) is 23.7 Å². The van der Waals surface area contributed by atoms with Crippen molar-refractivity contribution in [2.45, 2.75) is 0 Å². The second kappa shape index (κ2) is 6.89. The summed E-state index contributed by atoms with van der Waals surface area (Å²) in [7, 11) is 0. The van der Waals surface area contributed by atoms with Gasteiger partial charge in [0, 0.05) is 51.9 Å². The average Bonchev–Trinajstić information content (AvgIpc) is 2.61. The van der Waals surface area contributed by atoms with Gasteiger partial charge in [0.2, 0.25) is 0 Å². The molecule has 0 unspecified atom stereocenters. The van der Waals surface area contributed by atoms with E-state index in [1.807, 2.05) is 35.2 Å². The van der Waals surface area contributed by atoms with Crippen molar-refractivity contribution in [2.75, 3.05) is 26.2 Å². The van der Waals surface area contributed by atoms with Gasteiger partial charge in [-0.3, -0.25) is 9.59 Å². The van der Waals surface area contributed by atoms with Crippen molar-refractivity contribution in [1.29, 1.82) is 0 Å². The Hall–Kier alpha value is -1.95. The molecular weight excluding hydrogens is 344 g/mol. The Morgan fingerprint density at radius 1 is 1.00 bits per heavy atom. The number of amides is 1. The van der Waals surface area contributed by atoms with Gasteiger partial charge >= 0.3 is 0 Å². The van der Waals surface area contributed by atoms with Crippen LogP contribution in [0.2, 0.25) is 0 Å². The Kier molecular flexibility index (Phi) is 4.85. The van der Waals surface area contributed by atoms with Crippen LogP contribution in [0.3, 0.4) is 0 Å². The molecule has 0 saturated carbocycles. The van der Waals surface area contributed by atoms with Gasteiger partial charge in [0.05, 0.1) is 0 Å². The number of piperazine rings is 1. The quantitative estimate of drug-likeness (QED) is 0.679. The van der Waals surface area contributed by atoms with Crippen LogP contribution in [0.25, 0.3) is 20.2 Å². The second-order valence-electron chi connectivity index (χ2n) is 5.68. The maximum absolute atomic E-state index is 12.6. The Labute approximate surface area is 149 Å². The number of rotatable bonds is 1. The zero-order chi connectivity index (χ0) is 15.8. The Balaban J connectivity index is 0.00000169. The summed E-state index contributed by atoms with van der Waals surface area (Å²) < 4.78 is 1.83. The minimum absolute atomic E-state index is 0. The fourth-order valence-electron chi connectivity index (χ4n) is 2.98. The molecule has 124 valence electrons. The molecule has 1 N–H and O–H groups in total. The lowest BCUT2D eigenvalue weighted by Gasteiger charge is -2.27. The van der Waals surface area contributed by atoms with Crippen molar-refractivity contribution in [3.05, 3.63) is 58.3 Å². The predicted octanol–water partition coefficient (Wildman–Crippen LogP) is 2.88. The Bertz CT molecular complexity index is 964. The monoisotopic (exact) mass is 360 g/mol. The molecule has 1 saturated heterocycles. The molecule has 0 radical (unpaired) electrons. The molecule has 1 aromatic heterocycles. The van der Waals surface area contributed by atoms with Gasteiger partial charge in [0.15, 0.2) is 5.43 Å². The molecule has 0 aliphatic carbocycles. The zero-order valence-corrected chi connectivity index (χ0v) is 14.6. The van der Waals surface area contributed by atoms with E-state index in [1.165, 1.54) is 0 Å². The van der Waals surface area contributed by atoms with Crippen LogP contribution in [0, 0.1) is 0 Å². The normalized spacial score (nSPS) is 14.6. The summed E-state index contributed by atoms with van der Waals surface area (Å²) in [6.07, 6.45) is 0. The summed E-state index contributed by atoms with van der Waals surface area (Å²) in [4.78, 5) is 27.1. The van der Waals surface area contributed by atoms with E-state index in [0.717, 1.165) is 41.0 Å². The molecule has 2 aromatic carbocycles. The number of fused-ring (bicyclic) bond motifs is 2. The molecule has 2 heterocycles. The van der Waals surface area contributed by atoms with Crippen LogP contribution < -0.4 is 10.7 Å². The van der Waals surface area contributed by atoms with E-state index in [2.05, 4.69) is 5.32 Å². The van der Waals surface area contributed by atoms with E-state index in [1.54, 1.807) is 23.5 Å². The summed E-state index contributed by atoms with van der Waals surface area (Å²) in [5, 5.41) is 4.67. The van der Waals surface area contributed by atoms with E-state index < -0.39 is 0 Å². The van der Waals surface area contributed by atoms with Gasteiger partial charge in [0.1, 0.15) is 0 Å². The number of benzene rings is 2. The molecule has 4 rings (SSSR count). The minimum Gasteiger partial charge on any atom is -0.336 e. The first kappa shape index (κ1) is 16.9. The van der Waals surface area contributed by atoms with Crippen LogP contribution in [0.4, 0.5) is 0 Å². The number of carbonyl (C=O) groups is 1. The van der Waals surface area contributed by atoms with E-state index in [4.69, 9.17) is 0 Å². The highest BCUT2D eigenvalue weighted by Gasteiger charge is 2.18. The highest BCUT2D eigenvalue weighted by molar-refractivity contribution is 7.24. The summed E-state index contributed by atoms with van der Waals surface area (Å²) >= 11 is 1.56.